The van der Waals surface area contributed by atoms with E-state index in [9.17, 15) is 0 Å². The van der Waals surface area contributed by atoms with Crippen LogP contribution in [0.2, 0.25) is 0 Å². The van der Waals surface area contributed by atoms with Crippen LogP contribution in [0, 0.1) is 0 Å². The molecule has 2 rings (SSSR count). The van der Waals surface area contributed by atoms with E-state index in [1.54, 1.807) is 18.4 Å². The number of benzene rings is 1. The minimum atomic E-state index is 0.812. The molecule has 0 spiro atoms. The normalized spacial score (nSPS) is 10.4. The summed E-state index contributed by atoms with van der Waals surface area (Å²) in [6.07, 6.45) is 0. The second-order valence-electron chi connectivity index (χ2n) is 2.52. The Balaban J connectivity index is 2.82. The Morgan fingerprint density at radius 2 is 2.17 bits per heavy atom. The third-order valence-corrected chi connectivity index (χ3v) is 2.76. The minimum absolute atomic E-state index is 0.812. The Kier molecular flexibility index (Phi) is 1.81. The standard InChI is InChI=1S/C9H7BOS/c1-11-8-3-2-7(10)6-4-5-12-9(6)8/h2-5H,1H3. The zero-order valence-corrected chi connectivity index (χ0v) is 7.52. The molecule has 0 aliphatic rings. The Hall–Kier alpha value is -0.955. The second-order valence-corrected chi connectivity index (χ2v) is 3.44. The summed E-state index contributed by atoms with van der Waals surface area (Å²) in [6.45, 7) is 0. The molecule has 2 aromatic rings. The molecule has 0 fully saturated rings. The summed E-state index contributed by atoms with van der Waals surface area (Å²) in [5.41, 5.74) is 0.812. The average Bonchev–Trinajstić information content (AvgIpc) is 2.54. The topological polar surface area (TPSA) is 9.23 Å². The Morgan fingerprint density at radius 1 is 1.33 bits per heavy atom. The van der Waals surface area contributed by atoms with Crippen molar-refractivity contribution in [2.45, 2.75) is 0 Å². The van der Waals surface area contributed by atoms with Gasteiger partial charge in [-0.05, 0) is 22.9 Å². The van der Waals surface area contributed by atoms with Gasteiger partial charge in [0.05, 0.1) is 11.8 Å². The molecule has 1 heterocycles. The molecule has 1 nitrogen and oxygen atoms in total. The summed E-state index contributed by atoms with van der Waals surface area (Å²) >= 11 is 1.65. The molecule has 1 aromatic heterocycles. The lowest BCUT2D eigenvalue weighted by atomic mass is 9.93. The maximum absolute atomic E-state index is 5.78. The third-order valence-electron chi connectivity index (χ3n) is 1.83. The number of ether oxygens (including phenoxy) is 1. The molecule has 0 saturated carbocycles. The molecule has 0 atom stereocenters. The van der Waals surface area contributed by atoms with Gasteiger partial charge in [0, 0.05) is 0 Å². The monoisotopic (exact) mass is 174 g/mol. The molecule has 0 aliphatic heterocycles. The SMILES string of the molecule is [B]c1ccc(OC)c2sccc12. The number of hydrogen-bond acceptors (Lipinski definition) is 2. The summed E-state index contributed by atoms with van der Waals surface area (Å²) in [5.74, 6) is 0.897. The number of fused-ring (bicyclic) bond motifs is 1. The van der Waals surface area contributed by atoms with E-state index in [2.05, 4.69) is 0 Å². The second kappa shape index (κ2) is 2.83. The fourth-order valence-corrected chi connectivity index (χ4v) is 2.14. The number of hydrogen-bond donors (Lipinski definition) is 0. The molecule has 0 N–H and O–H groups in total. The van der Waals surface area contributed by atoms with Crippen molar-refractivity contribution in [1.82, 2.24) is 0 Å². The Morgan fingerprint density at radius 3 is 2.92 bits per heavy atom. The van der Waals surface area contributed by atoms with Gasteiger partial charge in [-0.1, -0.05) is 11.5 Å². The quantitative estimate of drug-likeness (QED) is 0.598. The van der Waals surface area contributed by atoms with Crippen molar-refractivity contribution in [2.24, 2.45) is 0 Å². The van der Waals surface area contributed by atoms with E-state index in [0.29, 0.717) is 0 Å². The van der Waals surface area contributed by atoms with Gasteiger partial charge in [0.25, 0.3) is 0 Å². The maximum atomic E-state index is 5.78. The molecular weight excluding hydrogens is 167 g/mol. The summed E-state index contributed by atoms with van der Waals surface area (Å²) in [6, 6.07) is 5.78. The predicted molar refractivity (Wildman–Crippen MR) is 53.8 cm³/mol. The number of rotatable bonds is 1. The first kappa shape index (κ1) is 7.68. The van der Waals surface area contributed by atoms with Crippen LogP contribution in [0.3, 0.4) is 0 Å². The van der Waals surface area contributed by atoms with Crippen molar-refractivity contribution in [1.29, 1.82) is 0 Å². The first-order valence-electron chi connectivity index (χ1n) is 3.62. The van der Waals surface area contributed by atoms with Gasteiger partial charge < -0.3 is 4.74 Å². The molecule has 0 unspecified atom stereocenters. The molecule has 0 amide bonds. The average molecular weight is 174 g/mol. The minimum Gasteiger partial charge on any atom is -0.495 e. The van der Waals surface area contributed by atoms with E-state index in [1.165, 1.54) is 0 Å². The summed E-state index contributed by atoms with van der Waals surface area (Å²) in [5, 5.41) is 3.10. The van der Waals surface area contributed by atoms with Crippen molar-refractivity contribution in [3.63, 3.8) is 0 Å². The molecule has 12 heavy (non-hydrogen) atoms. The van der Waals surface area contributed by atoms with Gasteiger partial charge in [0.15, 0.2) is 0 Å². The van der Waals surface area contributed by atoms with E-state index in [1.807, 2.05) is 23.6 Å². The van der Waals surface area contributed by atoms with Crippen molar-refractivity contribution < 1.29 is 4.74 Å². The molecule has 0 aliphatic carbocycles. The van der Waals surface area contributed by atoms with Gasteiger partial charge in [-0.25, -0.2) is 0 Å². The molecular formula is C9H7BOS. The van der Waals surface area contributed by atoms with Crippen LogP contribution in [0.25, 0.3) is 10.1 Å². The van der Waals surface area contributed by atoms with Crippen LogP contribution in [-0.4, -0.2) is 15.0 Å². The fourth-order valence-electron chi connectivity index (χ4n) is 1.22. The van der Waals surface area contributed by atoms with Gasteiger partial charge in [-0.3, -0.25) is 0 Å². The van der Waals surface area contributed by atoms with Crippen LogP contribution in [0.4, 0.5) is 0 Å². The Labute approximate surface area is 76.4 Å². The highest BCUT2D eigenvalue weighted by Gasteiger charge is 2.03. The zero-order valence-electron chi connectivity index (χ0n) is 6.70. The number of thiophene rings is 1. The van der Waals surface area contributed by atoms with Crippen LogP contribution in [0.15, 0.2) is 23.6 Å². The highest BCUT2D eigenvalue weighted by atomic mass is 32.1. The molecule has 2 radical (unpaired) electrons. The summed E-state index contributed by atoms with van der Waals surface area (Å²) in [4.78, 5) is 0. The van der Waals surface area contributed by atoms with E-state index in [-0.39, 0.29) is 0 Å². The lowest BCUT2D eigenvalue weighted by Gasteiger charge is -2.02. The highest BCUT2D eigenvalue weighted by Crippen LogP contribution is 2.28. The molecule has 0 bridgehead atoms. The number of methoxy groups -OCH3 is 1. The van der Waals surface area contributed by atoms with Crippen LogP contribution in [0.5, 0.6) is 5.75 Å². The predicted octanol–water partition coefficient (Wildman–Crippen LogP) is 1.70. The van der Waals surface area contributed by atoms with E-state index in [4.69, 9.17) is 12.6 Å². The van der Waals surface area contributed by atoms with E-state index < -0.39 is 0 Å². The van der Waals surface area contributed by atoms with Crippen molar-refractivity contribution in [2.75, 3.05) is 7.11 Å². The highest BCUT2D eigenvalue weighted by molar-refractivity contribution is 7.17. The largest absolute Gasteiger partial charge is 0.495 e. The first-order valence-corrected chi connectivity index (χ1v) is 4.50. The molecule has 1 aromatic carbocycles. The Bertz CT molecular complexity index is 408. The van der Waals surface area contributed by atoms with Crippen LogP contribution in [0.1, 0.15) is 0 Å². The van der Waals surface area contributed by atoms with Gasteiger partial charge in [-0.2, -0.15) is 0 Å². The van der Waals surface area contributed by atoms with Gasteiger partial charge in [-0.15, -0.1) is 11.3 Å². The van der Waals surface area contributed by atoms with Crippen LogP contribution >= 0.6 is 11.3 Å². The van der Waals surface area contributed by atoms with Gasteiger partial charge in [0.1, 0.15) is 13.6 Å². The van der Waals surface area contributed by atoms with E-state index >= 15 is 0 Å². The lowest BCUT2D eigenvalue weighted by Crippen LogP contribution is -2.01. The van der Waals surface area contributed by atoms with E-state index in [0.717, 1.165) is 21.3 Å². The smallest absolute Gasteiger partial charge is 0.136 e. The van der Waals surface area contributed by atoms with Crippen LogP contribution < -0.4 is 10.2 Å². The molecule has 3 heteroatoms. The molecule has 58 valence electrons. The van der Waals surface area contributed by atoms with Gasteiger partial charge >= 0.3 is 0 Å². The third kappa shape index (κ3) is 1.01. The zero-order chi connectivity index (χ0) is 8.55. The summed E-state index contributed by atoms with van der Waals surface area (Å²) < 4.78 is 6.32. The lowest BCUT2D eigenvalue weighted by molar-refractivity contribution is 0.420. The van der Waals surface area contributed by atoms with Crippen molar-refractivity contribution >= 4 is 34.7 Å². The van der Waals surface area contributed by atoms with Gasteiger partial charge in [0.2, 0.25) is 0 Å². The fraction of sp³-hybridized carbons (Fsp3) is 0.111. The van der Waals surface area contributed by atoms with Crippen LogP contribution in [-0.2, 0) is 0 Å². The first-order chi connectivity index (χ1) is 5.83. The maximum Gasteiger partial charge on any atom is 0.136 e. The summed E-state index contributed by atoms with van der Waals surface area (Å²) in [7, 11) is 7.45. The van der Waals surface area contributed by atoms with Crippen molar-refractivity contribution in [3.8, 4) is 5.75 Å². The van der Waals surface area contributed by atoms with Crippen molar-refractivity contribution in [3.05, 3.63) is 23.6 Å². The molecule has 0 saturated heterocycles.